The molecular formula is C13H17CrNO6. The number of hydrogen-bond acceptors (Lipinski definition) is 1. The van der Waals surface area contributed by atoms with Crippen molar-refractivity contribution in [1.29, 1.82) is 0 Å². The summed E-state index contributed by atoms with van der Waals surface area (Å²) in [5.41, 5.74) is 0.565. The molecule has 116 valence electrons. The second kappa shape index (κ2) is 51.1. The second-order valence-corrected chi connectivity index (χ2v) is 4.33. The summed E-state index contributed by atoms with van der Waals surface area (Å²) in [7, 11) is 8.50. The van der Waals surface area contributed by atoms with E-state index in [-0.39, 0.29) is 4.57 Å². The van der Waals surface area contributed by atoms with Gasteiger partial charge in [-0.1, -0.05) is 0 Å². The Morgan fingerprint density at radius 1 is 0.810 bits per heavy atom. The fraction of sp³-hybridized carbons (Fsp3) is 0.385. The zero-order chi connectivity index (χ0) is 19.7. The Morgan fingerprint density at radius 2 is 0.857 bits per heavy atom. The molecule has 0 saturated heterocycles. The molecule has 7 nitrogen and oxygen atoms in total. The first-order valence-electron chi connectivity index (χ1n) is 4.32. The van der Waals surface area contributed by atoms with E-state index in [1.165, 1.54) is 0 Å². The van der Waals surface area contributed by atoms with Crippen molar-refractivity contribution in [2.75, 3.05) is 28.2 Å². The van der Waals surface area contributed by atoms with Crippen LogP contribution in [0, 0.1) is 33.3 Å². The predicted octanol–water partition coefficient (Wildman–Crippen LogP) is -0.266. The van der Waals surface area contributed by atoms with Crippen LogP contribution >= 0.6 is 0 Å². The predicted molar refractivity (Wildman–Crippen MR) is 63.4 cm³/mol. The van der Waals surface area contributed by atoms with E-state index >= 15 is 0 Å². The SMILES string of the molecule is C=C(C)[C]([O-])=[Cr].C[N+](C)(C)C.[C-]#[O+].[C-]#[O+].[C-]#[O+].[C-]#[O+].[C-]#[O+]. The fourth-order valence-electron chi connectivity index (χ4n) is 0. The van der Waals surface area contributed by atoms with Crippen molar-refractivity contribution in [2.24, 2.45) is 0 Å². The molecule has 0 unspecified atom stereocenters. The van der Waals surface area contributed by atoms with Crippen LogP contribution in [0.2, 0.25) is 0 Å². The van der Waals surface area contributed by atoms with Crippen molar-refractivity contribution >= 4 is 4.57 Å². The molecule has 0 saturated carbocycles. The quantitative estimate of drug-likeness (QED) is 0.365. The number of quaternary nitrogens is 1. The summed E-state index contributed by atoms with van der Waals surface area (Å²) in [4.78, 5) is 0. The number of hydrogen-bond donors (Lipinski definition) is 0. The average Bonchev–Trinajstić information content (AvgIpc) is 2.48. The van der Waals surface area contributed by atoms with E-state index in [9.17, 15) is 5.11 Å². The van der Waals surface area contributed by atoms with Crippen LogP contribution in [0.1, 0.15) is 6.92 Å². The number of nitrogens with zero attached hydrogens (tertiary/aromatic N) is 1. The Bertz CT molecular complexity index is 267. The maximum atomic E-state index is 9.99. The van der Waals surface area contributed by atoms with Gasteiger partial charge in [0.25, 0.3) is 0 Å². The first kappa shape index (κ1) is 42.7. The standard InChI is InChI=1S/C4H12N.C4H5O.5CO.Cr/c1-5(2,3)4;1-4(2)3-5;5*1-2;/h1-4H3;1H2,2H3;;;;;;/q+1;-1;;;;;;. The molecule has 0 aliphatic heterocycles. The summed E-state index contributed by atoms with van der Waals surface area (Å²) in [5, 5.41) is 9.99. The normalized spacial score (nSPS) is 5.52. The summed E-state index contributed by atoms with van der Waals surface area (Å²) >= 11 is 2.30. The topological polar surface area (TPSA) is 123 Å². The van der Waals surface area contributed by atoms with Gasteiger partial charge < -0.3 is 4.48 Å². The van der Waals surface area contributed by atoms with Crippen molar-refractivity contribution in [2.45, 2.75) is 6.92 Å². The average molecular weight is 335 g/mol. The van der Waals surface area contributed by atoms with Gasteiger partial charge in [0.05, 0.1) is 28.2 Å². The molecule has 0 amide bonds. The van der Waals surface area contributed by atoms with Crippen molar-refractivity contribution in [1.82, 2.24) is 0 Å². The Labute approximate surface area is 134 Å². The third-order valence-electron chi connectivity index (χ3n) is 0.348. The Kier molecular flexibility index (Phi) is 104. The Hall–Kier alpha value is -1.24. The maximum absolute atomic E-state index is 9.99. The van der Waals surface area contributed by atoms with Crippen molar-refractivity contribution in [3.8, 4) is 0 Å². The monoisotopic (exact) mass is 335 g/mol. The summed E-state index contributed by atoms with van der Waals surface area (Å²) in [6, 6.07) is 0. The molecular weight excluding hydrogens is 318 g/mol. The molecule has 0 aliphatic carbocycles. The third kappa shape index (κ3) is 691. The molecule has 0 radical (unpaired) electrons. The van der Waals surface area contributed by atoms with E-state index < -0.39 is 0 Å². The summed E-state index contributed by atoms with van der Waals surface area (Å²) in [5.74, 6) is 0. The first-order valence-corrected chi connectivity index (χ1v) is 4.96. The van der Waals surface area contributed by atoms with E-state index in [1.807, 2.05) is 0 Å². The molecule has 0 spiro atoms. The Morgan fingerprint density at radius 3 is 0.857 bits per heavy atom. The van der Waals surface area contributed by atoms with E-state index in [1.54, 1.807) is 6.92 Å². The zero-order valence-corrected chi connectivity index (χ0v) is 13.8. The molecule has 21 heavy (non-hydrogen) atoms. The number of rotatable bonds is 1. The zero-order valence-electron chi connectivity index (χ0n) is 12.5. The van der Waals surface area contributed by atoms with E-state index in [0.717, 1.165) is 4.48 Å². The summed E-state index contributed by atoms with van der Waals surface area (Å²) in [6.07, 6.45) is 0. The molecule has 0 bridgehead atoms. The first-order chi connectivity index (χ1) is 9.64. The molecule has 0 N–H and O–H groups in total. The third-order valence-corrected chi connectivity index (χ3v) is 0.893. The van der Waals surface area contributed by atoms with Gasteiger partial charge in [-0.3, -0.25) is 0 Å². The molecule has 8 heteroatoms. The van der Waals surface area contributed by atoms with Gasteiger partial charge in [-0.25, -0.2) is 0 Å². The van der Waals surface area contributed by atoms with Crippen LogP contribution in [0.5, 0.6) is 0 Å². The van der Waals surface area contributed by atoms with Gasteiger partial charge in [-0.2, -0.15) is 0 Å². The van der Waals surface area contributed by atoms with Crippen molar-refractivity contribution in [3.05, 3.63) is 45.4 Å². The molecule has 0 atom stereocenters. The molecule has 0 rings (SSSR count). The van der Waals surface area contributed by atoms with E-state index in [2.05, 4.69) is 83.9 Å². The van der Waals surface area contributed by atoms with Gasteiger partial charge in [0.1, 0.15) is 0 Å². The van der Waals surface area contributed by atoms with Crippen LogP contribution in [0.15, 0.2) is 12.2 Å². The van der Waals surface area contributed by atoms with Gasteiger partial charge >= 0.3 is 101 Å². The van der Waals surface area contributed by atoms with Gasteiger partial charge in [0.15, 0.2) is 0 Å². The molecule has 0 aromatic carbocycles. The van der Waals surface area contributed by atoms with Crippen LogP contribution in [0.4, 0.5) is 0 Å². The van der Waals surface area contributed by atoms with E-state index in [4.69, 9.17) is 23.3 Å². The fourth-order valence-corrected chi connectivity index (χ4v) is 0. The molecule has 0 aromatic heterocycles. The van der Waals surface area contributed by atoms with Crippen LogP contribution in [0.25, 0.3) is 0 Å². The van der Waals surface area contributed by atoms with Gasteiger partial charge in [-0.05, 0) is 0 Å². The van der Waals surface area contributed by atoms with Crippen LogP contribution < -0.4 is 5.11 Å². The second-order valence-electron chi connectivity index (χ2n) is 3.75. The van der Waals surface area contributed by atoms with Crippen LogP contribution in [-0.4, -0.2) is 37.2 Å². The van der Waals surface area contributed by atoms with Crippen molar-refractivity contribution < 1.29 is 48.7 Å². The van der Waals surface area contributed by atoms with Gasteiger partial charge in [-0.15, -0.1) is 0 Å². The Balaban J connectivity index is -0.0000000237. The minimum atomic E-state index is -0.0602. The van der Waals surface area contributed by atoms with Crippen LogP contribution in [0.3, 0.4) is 0 Å². The molecule has 0 fully saturated rings. The molecule has 0 heterocycles. The van der Waals surface area contributed by atoms with Gasteiger partial charge in [0.2, 0.25) is 0 Å². The van der Waals surface area contributed by atoms with Crippen molar-refractivity contribution in [3.63, 3.8) is 0 Å². The van der Waals surface area contributed by atoms with E-state index in [0.29, 0.717) is 5.57 Å². The van der Waals surface area contributed by atoms with Crippen LogP contribution in [-0.2, 0) is 39.1 Å². The molecule has 0 aromatic rings. The summed E-state index contributed by atoms with van der Waals surface area (Å²) in [6.45, 7) is 27.5. The van der Waals surface area contributed by atoms with Gasteiger partial charge in [0, 0.05) is 0 Å². The molecule has 0 aliphatic rings. The summed E-state index contributed by atoms with van der Waals surface area (Å²) < 4.78 is 38.4. The minimum absolute atomic E-state index is 0.0602.